The lowest BCUT2D eigenvalue weighted by Gasteiger charge is -2.33. The molecule has 2 fully saturated rings. The minimum absolute atomic E-state index is 0.0271. The predicted molar refractivity (Wildman–Crippen MR) is 100 cm³/mol. The fraction of sp³-hybridized carbons (Fsp3) is 0.476. The molecule has 2 aliphatic rings. The Bertz CT molecular complexity index is 792. The molecule has 26 heavy (non-hydrogen) atoms. The number of aromatic hydroxyl groups is 1. The summed E-state index contributed by atoms with van der Waals surface area (Å²) in [5.74, 6) is 1.77. The van der Waals surface area contributed by atoms with Gasteiger partial charge in [0, 0.05) is 25.2 Å². The van der Waals surface area contributed by atoms with Crippen molar-refractivity contribution in [1.82, 2.24) is 9.97 Å². The van der Waals surface area contributed by atoms with Gasteiger partial charge in [0.05, 0.1) is 5.69 Å². The van der Waals surface area contributed by atoms with Crippen molar-refractivity contribution in [2.75, 3.05) is 18.0 Å². The van der Waals surface area contributed by atoms with Gasteiger partial charge in [0.25, 0.3) is 6.29 Å². The Morgan fingerprint density at radius 3 is 2.42 bits per heavy atom. The van der Waals surface area contributed by atoms with Crippen LogP contribution in [0.4, 0.5) is 5.69 Å². The Balaban J connectivity index is 1.36. The van der Waals surface area contributed by atoms with E-state index in [0.29, 0.717) is 17.4 Å². The maximum absolute atomic E-state index is 10.9. The molecule has 1 saturated carbocycles. The van der Waals surface area contributed by atoms with E-state index in [4.69, 9.17) is 0 Å². The first-order valence-electron chi connectivity index (χ1n) is 9.43. The summed E-state index contributed by atoms with van der Waals surface area (Å²) in [5, 5.41) is 9.75. The zero-order valence-corrected chi connectivity index (χ0v) is 15.1. The highest BCUT2D eigenvalue weighted by Gasteiger charge is 2.24. The molecule has 1 radical (unpaired) electrons. The number of aromatic nitrogens is 2. The maximum atomic E-state index is 10.9. The summed E-state index contributed by atoms with van der Waals surface area (Å²) >= 11 is 0. The van der Waals surface area contributed by atoms with E-state index >= 15 is 0 Å². The monoisotopic (exact) mass is 350 g/mol. The van der Waals surface area contributed by atoms with Crippen LogP contribution >= 0.6 is 0 Å². The highest BCUT2D eigenvalue weighted by Crippen LogP contribution is 2.40. The molecule has 0 atom stereocenters. The first-order chi connectivity index (χ1) is 12.6. The van der Waals surface area contributed by atoms with E-state index in [9.17, 15) is 9.90 Å². The van der Waals surface area contributed by atoms with E-state index in [1.165, 1.54) is 24.1 Å². The Kier molecular flexibility index (Phi) is 4.62. The number of aryl methyl sites for hydroxylation is 1. The van der Waals surface area contributed by atoms with Gasteiger partial charge in [-0.25, -0.2) is 9.97 Å². The molecule has 0 spiro atoms. The number of piperidine rings is 1. The fourth-order valence-corrected chi connectivity index (χ4v) is 3.81. The van der Waals surface area contributed by atoms with Crippen LogP contribution in [0.2, 0.25) is 0 Å². The van der Waals surface area contributed by atoms with Gasteiger partial charge in [-0.1, -0.05) is 12.1 Å². The van der Waals surface area contributed by atoms with Crippen molar-refractivity contribution < 1.29 is 9.90 Å². The summed E-state index contributed by atoms with van der Waals surface area (Å²) in [7, 11) is 0. The zero-order chi connectivity index (χ0) is 18.1. The number of anilines is 1. The largest absolute Gasteiger partial charge is 0.504 e. The van der Waals surface area contributed by atoms with Crippen molar-refractivity contribution in [3.63, 3.8) is 0 Å². The van der Waals surface area contributed by atoms with E-state index in [-0.39, 0.29) is 11.4 Å². The molecule has 0 amide bonds. The summed E-state index contributed by atoms with van der Waals surface area (Å²) < 4.78 is 0. The van der Waals surface area contributed by atoms with Crippen LogP contribution in [0.1, 0.15) is 54.4 Å². The number of benzene rings is 1. The number of hydrogen-bond acceptors (Lipinski definition) is 5. The minimum Gasteiger partial charge on any atom is -0.504 e. The van der Waals surface area contributed by atoms with Crippen molar-refractivity contribution >= 4 is 12.0 Å². The molecular formula is C21H24N3O2. The number of rotatable bonds is 5. The van der Waals surface area contributed by atoms with Crippen LogP contribution in [0.5, 0.6) is 5.75 Å². The number of hydrogen-bond donors (Lipinski definition) is 1. The molecule has 2 heterocycles. The predicted octanol–water partition coefficient (Wildman–Crippen LogP) is 3.28. The van der Waals surface area contributed by atoms with E-state index < -0.39 is 0 Å². The Morgan fingerprint density at radius 1 is 1.12 bits per heavy atom. The van der Waals surface area contributed by atoms with Crippen LogP contribution in [0.15, 0.2) is 24.3 Å². The standard InChI is InChI=1S/C21H24N3O2/c1-14-21(26)19(13-25)23-20(22-14)12-15-8-10-24(11-9-15)18-6-4-17(5-7-18)16-2-3-16/h4-7,15-16,26H,2-3,8-12H2,1H3. The summed E-state index contributed by atoms with van der Waals surface area (Å²) in [6.45, 7) is 3.74. The third kappa shape index (κ3) is 3.57. The topological polar surface area (TPSA) is 66.3 Å². The van der Waals surface area contributed by atoms with E-state index in [0.717, 1.165) is 38.3 Å². The average Bonchev–Trinajstić information content (AvgIpc) is 3.50. The highest BCUT2D eigenvalue weighted by atomic mass is 16.3. The van der Waals surface area contributed by atoms with Crippen LogP contribution in [-0.4, -0.2) is 34.5 Å². The molecule has 1 N–H and O–H groups in total. The normalized spacial score (nSPS) is 18.1. The van der Waals surface area contributed by atoms with E-state index in [2.05, 4.69) is 39.1 Å². The molecule has 5 heteroatoms. The SMILES string of the molecule is Cc1nc(CC2CCN(c3ccc(C4CC4)cc3)CC2)nc([C]=O)c1O. The molecule has 135 valence electrons. The van der Waals surface area contributed by atoms with Crippen LogP contribution in [0.3, 0.4) is 0 Å². The van der Waals surface area contributed by atoms with Crippen LogP contribution in [0.25, 0.3) is 0 Å². The lowest BCUT2D eigenvalue weighted by molar-refractivity contribution is 0.394. The molecular weight excluding hydrogens is 326 g/mol. The third-order valence-corrected chi connectivity index (χ3v) is 5.59. The van der Waals surface area contributed by atoms with Gasteiger partial charge in [0.1, 0.15) is 5.82 Å². The van der Waals surface area contributed by atoms with Crippen LogP contribution in [-0.2, 0) is 11.2 Å². The molecule has 1 aromatic heterocycles. The van der Waals surface area contributed by atoms with E-state index in [1.54, 1.807) is 13.2 Å². The molecule has 0 bridgehead atoms. The van der Waals surface area contributed by atoms with Gasteiger partial charge in [-0.2, -0.15) is 0 Å². The molecule has 0 unspecified atom stereocenters. The molecule has 2 aromatic rings. The van der Waals surface area contributed by atoms with Gasteiger partial charge in [-0.3, -0.25) is 4.79 Å². The fourth-order valence-electron chi connectivity index (χ4n) is 3.81. The maximum Gasteiger partial charge on any atom is 0.257 e. The van der Waals surface area contributed by atoms with Crippen molar-refractivity contribution in [3.8, 4) is 5.75 Å². The third-order valence-electron chi connectivity index (χ3n) is 5.59. The summed E-state index contributed by atoms with van der Waals surface area (Å²) in [4.78, 5) is 21.8. The van der Waals surface area contributed by atoms with Crippen molar-refractivity contribution in [1.29, 1.82) is 0 Å². The van der Waals surface area contributed by atoms with Crippen LogP contribution in [0, 0.1) is 12.8 Å². The second-order valence-corrected chi connectivity index (χ2v) is 7.52. The zero-order valence-electron chi connectivity index (χ0n) is 15.1. The Morgan fingerprint density at radius 2 is 1.81 bits per heavy atom. The van der Waals surface area contributed by atoms with Gasteiger partial charge in [0.2, 0.25) is 0 Å². The lowest BCUT2D eigenvalue weighted by atomic mass is 9.92. The lowest BCUT2D eigenvalue weighted by Crippen LogP contribution is -2.34. The summed E-state index contributed by atoms with van der Waals surface area (Å²) in [6, 6.07) is 9.08. The van der Waals surface area contributed by atoms with Gasteiger partial charge >= 0.3 is 0 Å². The van der Waals surface area contributed by atoms with Gasteiger partial charge in [-0.15, -0.1) is 0 Å². The van der Waals surface area contributed by atoms with Crippen LogP contribution < -0.4 is 4.90 Å². The highest BCUT2D eigenvalue weighted by molar-refractivity contribution is 5.76. The molecule has 1 aliphatic carbocycles. The second-order valence-electron chi connectivity index (χ2n) is 7.52. The Hall–Kier alpha value is -2.43. The minimum atomic E-state index is -0.159. The van der Waals surface area contributed by atoms with Crippen molar-refractivity contribution in [2.24, 2.45) is 5.92 Å². The number of carbonyl (C=O) groups excluding carboxylic acids is 1. The Labute approximate surface area is 154 Å². The van der Waals surface area contributed by atoms with E-state index in [1.807, 2.05) is 0 Å². The molecule has 5 nitrogen and oxygen atoms in total. The summed E-state index contributed by atoms with van der Waals surface area (Å²) in [5.41, 5.74) is 3.20. The summed E-state index contributed by atoms with van der Waals surface area (Å²) in [6.07, 6.45) is 7.28. The molecule has 1 saturated heterocycles. The second kappa shape index (κ2) is 7.06. The first-order valence-corrected chi connectivity index (χ1v) is 9.43. The average molecular weight is 350 g/mol. The van der Waals surface area contributed by atoms with Crippen molar-refractivity contribution in [3.05, 3.63) is 47.0 Å². The molecule has 1 aromatic carbocycles. The quantitative estimate of drug-likeness (QED) is 0.896. The number of nitrogens with zero attached hydrogens (tertiary/aromatic N) is 3. The first kappa shape index (κ1) is 17.0. The van der Waals surface area contributed by atoms with Gasteiger partial charge < -0.3 is 10.0 Å². The van der Waals surface area contributed by atoms with Gasteiger partial charge in [-0.05, 0) is 62.1 Å². The van der Waals surface area contributed by atoms with Crippen molar-refractivity contribution in [2.45, 2.75) is 44.9 Å². The smallest absolute Gasteiger partial charge is 0.257 e. The van der Waals surface area contributed by atoms with Gasteiger partial charge in [0.15, 0.2) is 11.4 Å². The molecule has 4 rings (SSSR count). The molecule has 1 aliphatic heterocycles.